The summed E-state index contributed by atoms with van der Waals surface area (Å²) in [5.41, 5.74) is 10.6. The molecule has 0 atom stereocenters. The molecular weight excluding hydrogens is 635 g/mol. The summed E-state index contributed by atoms with van der Waals surface area (Å²) in [5, 5.41) is 0. The second-order valence-electron chi connectivity index (χ2n) is 12.5. The third kappa shape index (κ3) is 6.89. The second-order valence-corrected chi connectivity index (χ2v) is 12.5. The van der Waals surface area contributed by atoms with E-state index < -0.39 is 0 Å². The summed E-state index contributed by atoms with van der Waals surface area (Å²) in [6.45, 7) is 2.10. The van der Waals surface area contributed by atoms with Crippen molar-refractivity contribution in [2.75, 3.05) is 14.7 Å². The number of para-hydroxylation sites is 4. The first-order valence-corrected chi connectivity index (χ1v) is 17.4. The molecule has 0 aliphatic carbocycles. The highest BCUT2D eigenvalue weighted by Gasteiger charge is 2.17. The van der Waals surface area contributed by atoms with Crippen molar-refractivity contribution in [2.45, 2.75) is 6.92 Å². The standard InChI is InChI=1S/C47H37N5/c1-36-22-26-44(27-23-36)51(41-18-10-4-11-19-41)46-32-24-37(34-48-46)38-25-33-47(49-35-38)52(42-20-12-5-13-21-42)45-30-28-43(29-31-45)50(39-14-6-2-7-15-39)40-16-8-3-9-17-40/h2-35H,1H3. The number of nitrogens with zero attached hydrogens (tertiary/aromatic N) is 5. The normalized spacial score (nSPS) is 10.8. The van der Waals surface area contributed by atoms with Crippen molar-refractivity contribution in [1.29, 1.82) is 0 Å². The van der Waals surface area contributed by atoms with E-state index in [1.807, 2.05) is 36.7 Å². The van der Waals surface area contributed by atoms with Gasteiger partial charge in [0.15, 0.2) is 0 Å². The molecule has 0 amide bonds. The minimum atomic E-state index is 0.824. The molecule has 0 aliphatic heterocycles. The van der Waals surface area contributed by atoms with Crippen LogP contribution in [-0.4, -0.2) is 9.97 Å². The topological polar surface area (TPSA) is 35.5 Å². The highest BCUT2D eigenvalue weighted by atomic mass is 15.2. The molecule has 250 valence electrons. The highest BCUT2D eigenvalue weighted by molar-refractivity contribution is 5.81. The molecule has 2 aromatic heterocycles. The molecule has 2 heterocycles. The zero-order chi connectivity index (χ0) is 35.1. The molecule has 0 fully saturated rings. The van der Waals surface area contributed by atoms with E-state index in [0.717, 1.165) is 62.6 Å². The fourth-order valence-corrected chi connectivity index (χ4v) is 6.41. The van der Waals surface area contributed by atoms with E-state index in [2.05, 4.69) is 191 Å². The van der Waals surface area contributed by atoms with Crippen molar-refractivity contribution in [1.82, 2.24) is 9.97 Å². The first-order chi connectivity index (χ1) is 25.7. The molecule has 8 aromatic rings. The van der Waals surface area contributed by atoms with Crippen molar-refractivity contribution in [3.05, 3.63) is 212 Å². The largest absolute Gasteiger partial charge is 0.311 e. The average Bonchev–Trinajstić information content (AvgIpc) is 3.22. The average molecular weight is 672 g/mol. The van der Waals surface area contributed by atoms with E-state index in [-0.39, 0.29) is 0 Å². The predicted octanol–water partition coefficient (Wildman–Crippen LogP) is 12.9. The molecule has 0 unspecified atom stereocenters. The van der Waals surface area contributed by atoms with Gasteiger partial charge in [0, 0.05) is 63.3 Å². The predicted molar refractivity (Wildman–Crippen MR) is 216 cm³/mol. The molecule has 5 nitrogen and oxygen atoms in total. The molecule has 0 radical (unpaired) electrons. The molecule has 0 N–H and O–H groups in total. The maximum absolute atomic E-state index is 5.00. The summed E-state index contributed by atoms with van der Waals surface area (Å²) in [4.78, 5) is 16.6. The van der Waals surface area contributed by atoms with Crippen LogP contribution in [0.4, 0.5) is 51.4 Å². The molecule has 52 heavy (non-hydrogen) atoms. The van der Waals surface area contributed by atoms with Gasteiger partial charge in [-0.3, -0.25) is 9.80 Å². The Kier molecular flexibility index (Phi) is 9.22. The van der Waals surface area contributed by atoms with Gasteiger partial charge in [0.2, 0.25) is 0 Å². The Morgan fingerprint density at radius 3 is 0.904 bits per heavy atom. The van der Waals surface area contributed by atoms with Crippen LogP contribution in [0.15, 0.2) is 207 Å². The molecular formula is C47H37N5. The Balaban J connectivity index is 1.09. The minimum Gasteiger partial charge on any atom is -0.311 e. The van der Waals surface area contributed by atoms with Gasteiger partial charge in [-0.2, -0.15) is 0 Å². The summed E-state index contributed by atoms with van der Waals surface area (Å²) in [5.74, 6) is 1.67. The fraction of sp³-hybridized carbons (Fsp3) is 0.0213. The van der Waals surface area contributed by atoms with Crippen LogP contribution >= 0.6 is 0 Å². The van der Waals surface area contributed by atoms with Crippen LogP contribution in [0.3, 0.4) is 0 Å². The molecule has 5 heteroatoms. The van der Waals surface area contributed by atoms with Gasteiger partial charge in [0.1, 0.15) is 11.6 Å². The number of hydrogen-bond donors (Lipinski definition) is 0. The Labute approximate surface area is 305 Å². The van der Waals surface area contributed by atoms with Gasteiger partial charge >= 0.3 is 0 Å². The number of hydrogen-bond acceptors (Lipinski definition) is 5. The van der Waals surface area contributed by atoms with E-state index in [9.17, 15) is 0 Å². The second kappa shape index (κ2) is 14.9. The lowest BCUT2D eigenvalue weighted by molar-refractivity contribution is 1.17. The number of aryl methyl sites for hydroxylation is 1. The van der Waals surface area contributed by atoms with Crippen LogP contribution in [0.2, 0.25) is 0 Å². The van der Waals surface area contributed by atoms with Gasteiger partial charge in [-0.15, -0.1) is 0 Å². The maximum atomic E-state index is 5.00. The SMILES string of the molecule is Cc1ccc(N(c2ccccc2)c2ccc(-c3ccc(N(c4ccccc4)c4ccc(N(c5ccccc5)c5ccccc5)cc4)nc3)cn2)cc1. The molecule has 6 aromatic carbocycles. The van der Waals surface area contributed by atoms with Gasteiger partial charge in [0.05, 0.1) is 0 Å². The van der Waals surface area contributed by atoms with Crippen molar-refractivity contribution in [3.63, 3.8) is 0 Å². The maximum Gasteiger partial charge on any atom is 0.137 e. The summed E-state index contributed by atoms with van der Waals surface area (Å²) >= 11 is 0. The highest BCUT2D eigenvalue weighted by Crippen LogP contribution is 2.39. The zero-order valence-electron chi connectivity index (χ0n) is 28.9. The number of rotatable bonds is 10. The summed E-state index contributed by atoms with van der Waals surface area (Å²) < 4.78 is 0. The van der Waals surface area contributed by atoms with Crippen LogP contribution in [0.5, 0.6) is 0 Å². The summed E-state index contributed by atoms with van der Waals surface area (Å²) in [6, 6.07) is 67.2. The fourth-order valence-electron chi connectivity index (χ4n) is 6.41. The third-order valence-corrected chi connectivity index (χ3v) is 9.00. The van der Waals surface area contributed by atoms with E-state index in [1.54, 1.807) is 0 Å². The Bertz CT molecular complexity index is 2270. The molecule has 0 bridgehead atoms. The third-order valence-electron chi connectivity index (χ3n) is 9.00. The smallest absolute Gasteiger partial charge is 0.137 e. The summed E-state index contributed by atoms with van der Waals surface area (Å²) in [7, 11) is 0. The molecule has 0 aliphatic rings. The van der Waals surface area contributed by atoms with Crippen molar-refractivity contribution >= 4 is 51.4 Å². The molecule has 0 saturated carbocycles. The first kappa shape index (κ1) is 32.2. The van der Waals surface area contributed by atoms with Gasteiger partial charge in [-0.05, 0) is 116 Å². The number of pyridine rings is 2. The number of anilines is 9. The van der Waals surface area contributed by atoms with Gasteiger partial charge in [0.25, 0.3) is 0 Å². The lowest BCUT2D eigenvalue weighted by Gasteiger charge is -2.27. The van der Waals surface area contributed by atoms with Crippen molar-refractivity contribution in [2.24, 2.45) is 0 Å². The lowest BCUT2D eigenvalue weighted by Crippen LogP contribution is -2.13. The quantitative estimate of drug-likeness (QED) is 0.145. The van der Waals surface area contributed by atoms with E-state index >= 15 is 0 Å². The van der Waals surface area contributed by atoms with Crippen LogP contribution < -0.4 is 14.7 Å². The Morgan fingerprint density at radius 2 is 0.577 bits per heavy atom. The van der Waals surface area contributed by atoms with Crippen LogP contribution in [-0.2, 0) is 0 Å². The molecule has 0 spiro atoms. The lowest BCUT2D eigenvalue weighted by atomic mass is 10.1. The van der Waals surface area contributed by atoms with Crippen LogP contribution in [0, 0.1) is 6.92 Å². The van der Waals surface area contributed by atoms with Gasteiger partial charge < -0.3 is 4.90 Å². The van der Waals surface area contributed by atoms with E-state index in [4.69, 9.17) is 9.97 Å². The molecule has 8 rings (SSSR count). The van der Waals surface area contributed by atoms with Crippen molar-refractivity contribution < 1.29 is 0 Å². The Hall–Kier alpha value is -6.98. The van der Waals surface area contributed by atoms with E-state index in [0.29, 0.717) is 0 Å². The minimum absolute atomic E-state index is 0.824. The van der Waals surface area contributed by atoms with Gasteiger partial charge in [-0.1, -0.05) is 90.5 Å². The van der Waals surface area contributed by atoms with Crippen molar-refractivity contribution in [3.8, 4) is 11.1 Å². The number of aromatic nitrogens is 2. The van der Waals surface area contributed by atoms with Gasteiger partial charge in [-0.25, -0.2) is 9.97 Å². The first-order valence-electron chi connectivity index (χ1n) is 17.4. The number of benzene rings is 6. The zero-order valence-corrected chi connectivity index (χ0v) is 28.9. The van der Waals surface area contributed by atoms with Crippen LogP contribution in [0.25, 0.3) is 11.1 Å². The Morgan fingerprint density at radius 1 is 0.288 bits per heavy atom. The monoisotopic (exact) mass is 671 g/mol. The van der Waals surface area contributed by atoms with E-state index in [1.165, 1.54) is 5.56 Å². The molecule has 0 saturated heterocycles. The van der Waals surface area contributed by atoms with Crippen LogP contribution in [0.1, 0.15) is 5.56 Å². The summed E-state index contributed by atoms with van der Waals surface area (Å²) in [6.07, 6.45) is 3.85.